The predicted molar refractivity (Wildman–Crippen MR) is 64.6 cm³/mol. The van der Waals surface area contributed by atoms with Crippen LogP contribution in [0.1, 0.15) is 11.3 Å². The van der Waals surface area contributed by atoms with E-state index in [9.17, 15) is 0 Å². The van der Waals surface area contributed by atoms with E-state index in [1.807, 2.05) is 25.7 Å². The Labute approximate surface area is 95.4 Å². The molecule has 1 rings (SSSR count). The molecule has 0 saturated carbocycles. The summed E-state index contributed by atoms with van der Waals surface area (Å²) >= 11 is 1.84. The molecular formula is C10H19N3OS. The molecule has 1 aromatic heterocycles. The van der Waals surface area contributed by atoms with Crippen LogP contribution in [-0.2, 0) is 13.6 Å². The Morgan fingerprint density at radius 3 is 2.87 bits per heavy atom. The fourth-order valence-corrected chi connectivity index (χ4v) is 1.88. The minimum atomic E-state index is 0.823. The maximum atomic E-state index is 5.31. The van der Waals surface area contributed by atoms with Crippen LogP contribution in [0.25, 0.3) is 0 Å². The lowest BCUT2D eigenvalue weighted by molar-refractivity contribution is 0.368. The van der Waals surface area contributed by atoms with Gasteiger partial charge >= 0.3 is 0 Å². The second kappa shape index (κ2) is 6.02. The van der Waals surface area contributed by atoms with E-state index in [4.69, 9.17) is 4.74 Å². The first-order chi connectivity index (χ1) is 7.20. The molecule has 0 radical (unpaired) electrons. The van der Waals surface area contributed by atoms with Gasteiger partial charge in [-0.25, -0.2) is 4.68 Å². The second-order valence-corrected chi connectivity index (χ2v) is 4.35. The molecule has 0 aliphatic rings. The average Bonchev–Trinajstić information content (AvgIpc) is 2.48. The Morgan fingerprint density at radius 1 is 1.53 bits per heavy atom. The molecule has 5 heteroatoms. The third-order valence-corrected chi connectivity index (χ3v) is 2.88. The highest BCUT2D eigenvalue weighted by Gasteiger charge is 2.12. The second-order valence-electron chi connectivity index (χ2n) is 3.37. The van der Waals surface area contributed by atoms with Crippen molar-refractivity contribution in [2.75, 3.05) is 25.7 Å². The highest BCUT2D eigenvalue weighted by molar-refractivity contribution is 7.98. The fourth-order valence-electron chi connectivity index (χ4n) is 1.53. The van der Waals surface area contributed by atoms with Gasteiger partial charge in [-0.15, -0.1) is 0 Å². The number of thioether (sulfide) groups is 1. The molecule has 0 unspecified atom stereocenters. The summed E-state index contributed by atoms with van der Waals surface area (Å²) in [4.78, 5) is 0. The van der Waals surface area contributed by atoms with Crippen molar-refractivity contribution in [1.82, 2.24) is 15.1 Å². The van der Waals surface area contributed by atoms with Gasteiger partial charge in [0, 0.05) is 25.9 Å². The lowest BCUT2D eigenvalue weighted by atomic mass is 10.2. The molecule has 86 valence electrons. The molecule has 4 nitrogen and oxygen atoms in total. The van der Waals surface area contributed by atoms with E-state index in [0.29, 0.717) is 0 Å². The Balaban J connectivity index is 2.59. The van der Waals surface area contributed by atoms with Crippen LogP contribution in [0.4, 0.5) is 0 Å². The molecule has 0 aliphatic heterocycles. The van der Waals surface area contributed by atoms with E-state index in [1.54, 1.807) is 11.8 Å². The lowest BCUT2D eigenvalue weighted by Crippen LogP contribution is -2.17. The fraction of sp³-hybridized carbons (Fsp3) is 0.700. The van der Waals surface area contributed by atoms with Gasteiger partial charge in [0.25, 0.3) is 0 Å². The summed E-state index contributed by atoms with van der Waals surface area (Å²) in [5, 5.41) is 7.70. The summed E-state index contributed by atoms with van der Waals surface area (Å²) in [5.41, 5.74) is 2.19. The zero-order chi connectivity index (χ0) is 11.3. The summed E-state index contributed by atoms with van der Waals surface area (Å²) in [6.45, 7) is 3.84. The van der Waals surface area contributed by atoms with E-state index in [0.717, 1.165) is 36.0 Å². The minimum absolute atomic E-state index is 0.823. The van der Waals surface area contributed by atoms with Crippen molar-refractivity contribution >= 4 is 11.8 Å². The summed E-state index contributed by atoms with van der Waals surface area (Å²) in [5.74, 6) is 1.98. The third kappa shape index (κ3) is 3.14. The van der Waals surface area contributed by atoms with Crippen LogP contribution in [0.2, 0.25) is 0 Å². The molecule has 0 aromatic carbocycles. The first kappa shape index (κ1) is 12.4. The SMILES string of the molecule is COc1c(CNCCSC)c(C)nn1C. The topological polar surface area (TPSA) is 39.1 Å². The number of nitrogens with zero attached hydrogens (tertiary/aromatic N) is 2. The first-order valence-electron chi connectivity index (χ1n) is 4.96. The van der Waals surface area contributed by atoms with Gasteiger partial charge in [0.05, 0.1) is 18.4 Å². The molecule has 1 N–H and O–H groups in total. The van der Waals surface area contributed by atoms with Gasteiger partial charge in [-0.2, -0.15) is 16.9 Å². The molecule has 15 heavy (non-hydrogen) atoms. The number of aromatic nitrogens is 2. The maximum absolute atomic E-state index is 5.31. The van der Waals surface area contributed by atoms with Crippen LogP contribution in [0.5, 0.6) is 5.88 Å². The Hall–Kier alpha value is -0.680. The monoisotopic (exact) mass is 229 g/mol. The van der Waals surface area contributed by atoms with E-state index < -0.39 is 0 Å². The van der Waals surface area contributed by atoms with Crippen molar-refractivity contribution in [3.05, 3.63) is 11.3 Å². The lowest BCUT2D eigenvalue weighted by Gasteiger charge is -2.06. The van der Waals surface area contributed by atoms with Crippen molar-refractivity contribution < 1.29 is 4.74 Å². The Bertz CT molecular complexity index is 312. The number of ether oxygens (including phenoxy) is 1. The smallest absolute Gasteiger partial charge is 0.216 e. The Kier molecular flexibility index (Phi) is 4.98. The standard InChI is InChI=1S/C10H19N3OS/c1-8-9(7-11-5-6-15-4)10(14-3)13(2)12-8/h11H,5-7H2,1-4H3. The van der Waals surface area contributed by atoms with Crippen molar-refractivity contribution in [1.29, 1.82) is 0 Å². The van der Waals surface area contributed by atoms with E-state index in [2.05, 4.69) is 16.7 Å². The molecule has 0 spiro atoms. The van der Waals surface area contributed by atoms with Gasteiger partial charge in [0.15, 0.2) is 0 Å². The van der Waals surface area contributed by atoms with Crippen LogP contribution < -0.4 is 10.1 Å². The predicted octanol–water partition coefficient (Wildman–Crippen LogP) is 1.19. The van der Waals surface area contributed by atoms with Crippen LogP contribution in [0.3, 0.4) is 0 Å². The highest BCUT2D eigenvalue weighted by Crippen LogP contribution is 2.20. The Morgan fingerprint density at radius 2 is 2.27 bits per heavy atom. The number of aryl methyl sites for hydroxylation is 2. The van der Waals surface area contributed by atoms with Gasteiger partial charge in [-0.1, -0.05) is 0 Å². The summed E-state index contributed by atoms with van der Waals surface area (Å²) in [6.07, 6.45) is 2.11. The van der Waals surface area contributed by atoms with Gasteiger partial charge in [0.2, 0.25) is 5.88 Å². The van der Waals surface area contributed by atoms with Crippen molar-refractivity contribution in [2.45, 2.75) is 13.5 Å². The molecule has 0 amide bonds. The molecular weight excluding hydrogens is 210 g/mol. The molecule has 0 bridgehead atoms. The van der Waals surface area contributed by atoms with E-state index in [1.165, 1.54) is 0 Å². The highest BCUT2D eigenvalue weighted by atomic mass is 32.2. The summed E-state index contributed by atoms with van der Waals surface area (Å²) in [7, 11) is 3.58. The average molecular weight is 229 g/mol. The third-order valence-electron chi connectivity index (χ3n) is 2.27. The van der Waals surface area contributed by atoms with E-state index in [-0.39, 0.29) is 0 Å². The molecule has 0 saturated heterocycles. The quantitative estimate of drug-likeness (QED) is 0.744. The van der Waals surface area contributed by atoms with Crippen molar-refractivity contribution in [3.8, 4) is 5.88 Å². The number of nitrogens with one attached hydrogen (secondary N) is 1. The molecule has 1 aromatic rings. The number of methoxy groups -OCH3 is 1. The van der Waals surface area contributed by atoms with Crippen LogP contribution >= 0.6 is 11.8 Å². The molecule has 0 aliphatic carbocycles. The zero-order valence-corrected chi connectivity index (χ0v) is 10.6. The zero-order valence-electron chi connectivity index (χ0n) is 9.83. The van der Waals surface area contributed by atoms with Crippen LogP contribution in [-0.4, -0.2) is 35.4 Å². The van der Waals surface area contributed by atoms with Crippen LogP contribution in [0.15, 0.2) is 0 Å². The first-order valence-corrected chi connectivity index (χ1v) is 6.36. The van der Waals surface area contributed by atoms with Gasteiger partial charge in [-0.05, 0) is 13.2 Å². The molecule has 1 heterocycles. The van der Waals surface area contributed by atoms with Crippen molar-refractivity contribution in [2.24, 2.45) is 7.05 Å². The summed E-state index contributed by atoms with van der Waals surface area (Å²) < 4.78 is 7.09. The number of hydrogen-bond acceptors (Lipinski definition) is 4. The minimum Gasteiger partial charge on any atom is -0.481 e. The van der Waals surface area contributed by atoms with Gasteiger partial charge in [0.1, 0.15) is 0 Å². The van der Waals surface area contributed by atoms with Crippen molar-refractivity contribution in [3.63, 3.8) is 0 Å². The molecule has 0 fully saturated rings. The summed E-state index contributed by atoms with van der Waals surface area (Å²) in [6, 6.07) is 0. The number of hydrogen-bond donors (Lipinski definition) is 1. The van der Waals surface area contributed by atoms with E-state index >= 15 is 0 Å². The largest absolute Gasteiger partial charge is 0.481 e. The van der Waals surface area contributed by atoms with Gasteiger partial charge in [-0.3, -0.25) is 0 Å². The molecule has 0 atom stereocenters. The normalized spacial score (nSPS) is 10.7. The maximum Gasteiger partial charge on any atom is 0.216 e. The van der Waals surface area contributed by atoms with Gasteiger partial charge < -0.3 is 10.1 Å². The van der Waals surface area contributed by atoms with Crippen LogP contribution in [0, 0.1) is 6.92 Å². The number of rotatable bonds is 6.